The fraction of sp³-hybridized carbons (Fsp3) is 0.435. The number of benzene rings is 1. The predicted octanol–water partition coefficient (Wildman–Crippen LogP) is 4.84. The molecule has 7 heteroatoms. The van der Waals surface area contributed by atoms with Crippen LogP contribution in [-0.4, -0.2) is 37.1 Å². The summed E-state index contributed by atoms with van der Waals surface area (Å²) in [5, 5.41) is 4.60. The number of nitrogens with one attached hydrogen (secondary N) is 1. The molecule has 30 heavy (non-hydrogen) atoms. The summed E-state index contributed by atoms with van der Waals surface area (Å²) in [6.07, 6.45) is 4.53. The van der Waals surface area contributed by atoms with E-state index in [-0.39, 0.29) is 23.3 Å². The lowest BCUT2D eigenvalue weighted by Gasteiger charge is -2.34. The molecule has 0 saturated carbocycles. The zero-order valence-electron chi connectivity index (χ0n) is 17.9. The van der Waals surface area contributed by atoms with Crippen molar-refractivity contribution in [3.05, 3.63) is 59.6 Å². The van der Waals surface area contributed by atoms with Crippen molar-refractivity contribution < 1.29 is 9.18 Å². The maximum Gasteiger partial charge on any atom is 0.274 e. The van der Waals surface area contributed by atoms with Gasteiger partial charge in [-0.15, -0.1) is 0 Å². The molecule has 1 aromatic carbocycles. The summed E-state index contributed by atoms with van der Waals surface area (Å²) in [4.78, 5) is 23.1. The Labute approximate surface area is 176 Å². The van der Waals surface area contributed by atoms with Crippen molar-refractivity contribution in [3.8, 4) is 11.3 Å². The number of H-pyrrole nitrogens is 1. The Morgan fingerprint density at radius 1 is 1.23 bits per heavy atom. The Morgan fingerprint density at radius 2 is 2.03 bits per heavy atom. The van der Waals surface area contributed by atoms with E-state index >= 15 is 0 Å². The summed E-state index contributed by atoms with van der Waals surface area (Å²) in [6, 6.07) is 8.12. The number of aromatic amines is 1. The summed E-state index contributed by atoms with van der Waals surface area (Å²) in [5.41, 5.74) is 2.72. The molecule has 1 aliphatic rings. The Bertz CT molecular complexity index is 1060. The van der Waals surface area contributed by atoms with Gasteiger partial charge in [0.25, 0.3) is 5.91 Å². The lowest BCUT2D eigenvalue weighted by Crippen LogP contribution is -2.39. The quantitative estimate of drug-likeness (QED) is 0.673. The molecule has 1 atom stereocenters. The first-order chi connectivity index (χ1) is 14.2. The molecule has 4 rings (SSSR count). The Kier molecular flexibility index (Phi) is 5.22. The summed E-state index contributed by atoms with van der Waals surface area (Å²) in [5.74, 6) is 0.367. The fourth-order valence-corrected chi connectivity index (χ4v) is 4.17. The van der Waals surface area contributed by atoms with E-state index in [4.69, 9.17) is 0 Å². The predicted molar refractivity (Wildman–Crippen MR) is 114 cm³/mol. The number of amides is 1. The molecule has 0 spiro atoms. The summed E-state index contributed by atoms with van der Waals surface area (Å²) in [6.45, 7) is 8.85. The van der Waals surface area contributed by atoms with Crippen LogP contribution in [0, 0.1) is 12.7 Å². The van der Waals surface area contributed by atoms with Gasteiger partial charge in [-0.2, -0.15) is 5.10 Å². The standard InChI is InChI=1S/C23H28FN5O/c1-15-12-18(27-29(15)23(2,3)4)22(30)28-11-6-5-10-20(28)21-25-14-19(26-21)16-8-7-9-17(24)13-16/h7-9,12-14,20H,5-6,10-11H2,1-4H3,(H,25,26). The molecule has 1 saturated heterocycles. The maximum absolute atomic E-state index is 13.6. The first-order valence-electron chi connectivity index (χ1n) is 10.4. The smallest absolute Gasteiger partial charge is 0.274 e. The third-order valence-electron chi connectivity index (χ3n) is 5.55. The van der Waals surface area contributed by atoms with Gasteiger partial charge in [0.1, 0.15) is 11.6 Å². The van der Waals surface area contributed by atoms with Crippen LogP contribution in [0.2, 0.25) is 0 Å². The van der Waals surface area contributed by atoms with E-state index in [1.807, 2.05) is 28.6 Å². The second-order valence-corrected chi connectivity index (χ2v) is 8.96. The second kappa shape index (κ2) is 7.70. The highest BCUT2D eigenvalue weighted by molar-refractivity contribution is 5.92. The van der Waals surface area contributed by atoms with Crippen LogP contribution in [0.25, 0.3) is 11.3 Å². The molecule has 0 radical (unpaired) electrons. The molecule has 1 N–H and O–H groups in total. The molecule has 158 valence electrons. The highest BCUT2D eigenvalue weighted by atomic mass is 19.1. The van der Waals surface area contributed by atoms with Crippen LogP contribution in [-0.2, 0) is 5.54 Å². The van der Waals surface area contributed by atoms with Gasteiger partial charge in [-0.25, -0.2) is 9.37 Å². The minimum Gasteiger partial charge on any atom is -0.340 e. The first-order valence-corrected chi connectivity index (χ1v) is 10.4. The van der Waals surface area contributed by atoms with Crippen molar-refractivity contribution in [1.29, 1.82) is 0 Å². The molecule has 1 aliphatic heterocycles. The Hall–Kier alpha value is -2.96. The molecule has 2 aromatic heterocycles. The molecule has 1 fully saturated rings. The van der Waals surface area contributed by atoms with E-state index in [2.05, 4.69) is 35.8 Å². The van der Waals surface area contributed by atoms with Crippen molar-refractivity contribution in [3.63, 3.8) is 0 Å². The number of aryl methyl sites for hydroxylation is 1. The van der Waals surface area contributed by atoms with Crippen LogP contribution in [0.5, 0.6) is 0 Å². The Morgan fingerprint density at radius 3 is 2.73 bits per heavy atom. The zero-order valence-corrected chi connectivity index (χ0v) is 17.9. The number of likely N-dealkylation sites (tertiary alicyclic amines) is 1. The van der Waals surface area contributed by atoms with Crippen molar-refractivity contribution in [1.82, 2.24) is 24.6 Å². The average molecular weight is 410 g/mol. The Balaban J connectivity index is 1.62. The van der Waals surface area contributed by atoms with Crippen molar-refractivity contribution >= 4 is 5.91 Å². The van der Waals surface area contributed by atoms with Crippen molar-refractivity contribution in [2.24, 2.45) is 0 Å². The number of aromatic nitrogens is 4. The number of halogens is 1. The number of hydrogen-bond donors (Lipinski definition) is 1. The molecule has 0 aliphatic carbocycles. The van der Waals surface area contributed by atoms with Gasteiger partial charge in [-0.3, -0.25) is 9.48 Å². The van der Waals surface area contributed by atoms with Gasteiger partial charge >= 0.3 is 0 Å². The van der Waals surface area contributed by atoms with Crippen LogP contribution in [0.15, 0.2) is 36.5 Å². The van der Waals surface area contributed by atoms with Gasteiger partial charge in [0.2, 0.25) is 0 Å². The molecule has 3 aromatic rings. The highest BCUT2D eigenvalue weighted by Gasteiger charge is 2.32. The van der Waals surface area contributed by atoms with Crippen LogP contribution >= 0.6 is 0 Å². The molecule has 0 bridgehead atoms. The van der Waals surface area contributed by atoms with Gasteiger partial charge in [0.05, 0.1) is 23.5 Å². The molecule has 1 amide bonds. The SMILES string of the molecule is Cc1cc(C(=O)N2CCCCC2c2ncc(-c3cccc(F)c3)[nH]2)nn1C(C)(C)C. The van der Waals surface area contributed by atoms with Crippen LogP contribution in [0.4, 0.5) is 4.39 Å². The van der Waals surface area contributed by atoms with E-state index in [1.165, 1.54) is 12.1 Å². The van der Waals surface area contributed by atoms with E-state index in [1.54, 1.807) is 12.3 Å². The summed E-state index contributed by atoms with van der Waals surface area (Å²) >= 11 is 0. The molecule has 1 unspecified atom stereocenters. The van der Waals surface area contributed by atoms with E-state index < -0.39 is 0 Å². The normalized spacial score (nSPS) is 17.4. The second-order valence-electron chi connectivity index (χ2n) is 8.96. The summed E-state index contributed by atoms with van der Waals surface area (Å²) in [7, 11) is 0. The first kappa shape index (κ1) is 20.3. The zero-order chi connectivity index (χ0) is 21.5. The van der Waals surface area contributed by atoms with Crippen molar-refractivity contribution in [2.75, 3.05) is 6.54 Å². The number of rotatable bonds is 3. The molecule has 3 heterocycles. The summed E-state index contributed by atoms with van der Waals surface area (Å²) < 4.78 is 15.5. The molecular weight excluding hydrogens is 381 g/mol. The van der Waals surface area contributed by atoms with Crippen LogP contribution < -0.4 is 0 Å². The third-order valence-corrected chi connectivity index (χ3v) is 5.55. The molecular formula is C23H28FN5O. The largest absolute Gasteiger partial charge is 0.340 e. The van der Waals surface area contributed by atoms with Gasteiger partial charge in [-0.1, -0.05) is 12.1 Å². The molecule has 6 nitrogen and oxygen atoms in total. The highest BCUT2D eigenvalue weighted by Crippen LogP contribution is 2.32. The minimum absolute atomic E-state index is 0.0745. The fourth-order valence-electron chi connectivity index (χ4n) is 4.17. The number of carbonyl (C=O) groups excluding carboxylic acids is 1. The lowest BCUT2D eigenvalue weighted by molar-refractivity contribution is 0.0593. The maximum atomic E-state index is 13.6. The van der Waals surface area contributed by atoms with E-state index in [0.29, 0.717) is 12.2 Å². The topological polar surface area (TPSA) is 66.8 Å². The third kappa shape index (κ3) is 3.88. The van der Waals surface area contributed by atoms with Crippen LogP contribution in [0.1, 0.15) is 68.1 Å². The minimum atomic E-state index is -0.289. The number of imidazole rings is 1. The number of carbonyl (C=O) groups is 1. The van der Waals surface area contributed by atoms with Crippen molar-refractivity contribution in [2.45, 2.75) is 58.5 Å². The number of nitrogens with zero attached hydrogens (tertiary/aromatic N) is 4. The van der Waals surface area contributed by atoms with Crippen LogP contribution in [0.3, 0.4) is 0 Å². The monoisotopic (exact) mass is 409 g/mol. The number of piperidine rings is 1. The van der Waals surface area contributed by atoms with Gasteiger partial charge < -0.3 is 9.88 Å². The lowest BCUT2D eigenvalue weighted by atomic mass is 10.0. The van der Waals surface area contributed by atoms with E-state index in [9.17, 15) is 9.18 Å². The van der Waals surface area contributed by atoms with Gasteiger partial charge in [0.15, 0.2) is 5.69 Å². The van der Waals surface area contributed by atoms with Gasteiger partial charge in [-0.05, 0) is 65.2 Å². The average Bonchev–Trinajstić information content (AvgIpc) is 3.34. The van der Waals surface area contributed by atoms with E-state index in [0.717, 1.165) is 42.0 Å². The number of hydrogen-bond acceptors (Lipinski definition) is 3. The van der Waals surface area contributed by atoms with Gasteiger partial charge in [0, 0.05) is 17.8 Å².